The summed E-state index contributed by atoms with van der Waals surface area (Å²) in [5, 5.41) is 3.29. The Hall–Kier alpha value is -1.99. The van der Waals surface area contributed by atoms with Crippen molar-refractivity contribution in [1.29, 1.82) is 0 Å². The number of halogens is 1. The number of rotatable bonds is 6. The van der Waals surface area contributed by atoms with Crippen LogP contribution < -0.4 is 14.8 Å². The van der Waals surface area contributed by atoms with Crippen molar-refractivity contribution in [3.05, 3.63) is 23.8 Å². The van der Waals surface area contributed by atoms with Gasteiger partial charge in [0.1, 0.15) is 0 Å². The molecule has 0 aromatic heterocycles. The van der Waals surface area contributed by atoms with Crippen molar-refractivity contribution < 1.29 is 19.1 Å². The Kier molecular flexibility index (Phi) is 7.95. The quantitative estimate of drug-likeness (QED) is 0.764. The normalized spacial score (nSPS) is 22.0. The van der Waals surface area contributed by atoms with Gasteiger partial charge in [0.15, 0.2) is 11.5 Å². The average molecular weight is 412 g/mol. The lowest BCUT2D eigenvalue weighted by atomic mass is 10.0. The molecule has 2 aliphatic rings. The molecule has 2 atom stereocenters. The Morgan fingerprint density at radius 3 is 2.68 bits per heavy atom. The molecule has 0 saturated carbocycles. The molecule has 1 N–H and O–H groups in total. The zero-order valence-corrected chi connectivity index (χ0v) is 17.6. The van der Waals surface area contributed by atoms with Crippen molar-refractivity contribution in [2.75, 3.05) is 46.9 Å². The molecule has 3 rings (SSSR count). The van der Waals surface area contributed by atoms with Crippen LogP contribution in [0, 0.1) is 5.92 Å². The summed E-state index contributed by atoms with van der Waals surface area (Å²) in [6, 6.07) is 5.97. The van der Waals surface area contributed by atoms with Crippen molar-refractivity contribution in [2.24, 2.45) is 5.92 Å². The third-order valence-electron chi connectivity index (χ3n) is 5.47. The molecule has 0 bridgehead atoms. The minimum Gasteiger partial charge on any atom is -0.493 e. The van der Waals surface area contributed by atoms with E-state index in [1.807, 2.05) is 28.0 Å². The van der Waals surface area contributed by atoms with Gasteiger partial charge in [-0.2, -0.15) is 0 Å². The van der Waals surface area contributed by atoms with Crippen LogP contribution in [0.3, 0.4) is 0 Å². The molecule has 2 heterocycles. The highest BCUT2D eigenvalue weighted by atomic mass is 35.5. The molecule has 2 amide bonds. The van der Waals surface area contributed by atoms with E-state index >= 15 is 0 Å². The predicted octanol–water partition coefficient (Wildman–Crippen LogP) is 1.34. The molecular formula is C20H30ClN3O4. The Morgan fingerprint density at radius 1 is 1.25 bits per heavy atom. The summed E-state index contributed by atoms with van der Waals surface area (Å²) >= 11 is 0. The van der Waals surface area contributed by atoms with Crippen LogP contribution in [0.2, 0.25) is 0 Å². The molecular weight excluding hydrogens is 382 g/mol. The van der Waals surface area contributed by atoms with Crippen molar-refractivity contribution in [3.8, 4) is 11.5 Å². The van der Waals surface area contributed by atoms with Crippen LogP contribution in [0.1, 0.15) is 18.9 Å². The highest BCUT2D eigenvalue weighted by molar-refractivity contribution is 5.89. The van der Waals surface area contributed by atoms with E-state index in [9.17, 15) is 9.59 Å². The third kappa shape index (κ3) is 4.89. The summed E-state index contributed by atoms with van der Waals surface area (Å²) in [6.07, 6.45) is 1.04. The Morgan fingerprint density at radius 2 is 2.00 bits per heavy atom. The first-order valence-electron chi connectivity index (χ1n) is 9.53. The number of methoxy groups -OCH3 is 2. The fourth-order valence-corrected chi connectivity index (χ4v) is 3.86. The van der Waals surface area contributed by atoms with E-state index in [4.69, 9.17) is 9.47 Å². The highest BCUT2D eigenvalue weighted by Crippen LogP contribution is 2.28. The second-order valence-corrected chi connectivity index (χ2v) is 7.26. The van der Waals surface area contributed by atoms with E-state index in [2.05, 4.69) is 12.2 Å². The minimum atomic E-state index is -0.219. The van der Waals surface area contributed by atoms with Gasteiger partial charge in [-0.3, -0.25) is 9.59 Å². The molecule has 7 nitrogen and oxygen atoms in total. The van der Waals surface area contributed by atoms with Crippen LogP contribution in [-0.4, -0.2) is 74.6 Å². The molecule has 0 aliphatic carbocycles. The fourth-order valence-electron chi connectivity index (χ4n) is 3.86. The summed E-state index contributed by atoms with van der Waals surface area (Å²) in [7, 11) is 3.22. The molecule has 2 aliphatic heterocycles. The molecule has 28 heavy (non-hydrogen) atoms. The van der Waals surface area contributed by atoms with E-state index in [-0.39, 0.29) is 36.2 Å². The Bertz CT molecular complexity index is 700. The van der Waals surface area contributed by atoms with Gasteiger partial charge in [-0.25, -0.2) is 0 Å². The highest BCUT2D eigenvalue weighted by Gasteiger charge is 2.37. The summed E-state index contributed by atoms with van der Waals surface area (Å²) in [5.41, 5.74) is 1.07. The molecule has 0 radical (unpaired) electrons. The lowest BCUT2D eigenvalue weighted by Crippen LogP contribution is -2.54. The number of hydrogen-bond donors (Lipinski definition) is 1. The minimum absolute atomic E-state index is 0. The summed E-state index contributed by atoms with van der Waals surface area (Å²) in [5.74, 6) is 1.34. The van der Waals surface area contributed by atoms with E-state index < -0.39 is 0 Å². The van der Waals surface area contributed by atoms with Crippen molar-refractivity contribution in [2.45, 2.75) is 25.8 Å². The summed E-state index contributed by atoms with van der Waals surface area (Å²) < 4.78 is 10.6. The second-order valence-electron chi connectivity index (χ2n) is 7.26. The van der Waals surface area contributed by atoms with Crippen molar-refractivity contribution in [1.82, 2.24) is 15.1 Å². The predicted molar refractivity (Wildman–Crippen MR) is 109 cm³/mol. The number of ether oxygens (including phenoxy) is 2. The number of amides is 2. The number of carbonyl (C=O) groups is 2. The van der Waals surface area contributed by atoms with Crippen LogP contribution in [0.4, 0.5) is 0 Å². The van der Waals surface area contributed by atoms with Gasteiger partial charge in [-0.15, -0.1) is 12.4 Å². The van der Waals surface area contributed by atoms with Gasteiger partial charge in [-0.05, 0) is 31.0 Å². The molecule has 0 spiro atoms. The van der Waals surface area contributed by atoms with E-state index in [0.29, 0.717) is 31.0 Å². The first-order chi connectivity index (χ1) is 13.0. The fraction of sp³-hybridized carbons (Fsp3) is 0.600. The van der Waals surface area contributed by atoms with Crippen molar-refractivity contribution >= 4 is 24.2 Å². The first-order valence-corrected chi connectivity index (χ1v) is 9.53. The molecule has 8 heteroatoms. The van der Waals surface area contributed by atoms with E-state index in [1.165, 1.54) is 0 Å². The smallest absolute Gasteiger partial charge is 0.228 e. The summed E-state index contributed by atoms with van der Waals surface area (Å²) in [4.78, 5) is 28.9. The van der Waals surface area contributed by atoms with E-state index in [0.717, 1.165) is 31.6 Å². The summed E-state index contributed by atoms with van der Waals surface area (Å²) in [6.45, 7) is 5.53. The van der Waals surface area contributed by atoms with Gasteiger partial charge in [0.05, 0.1) is 20.1 Å². The van der Waals surface area contributed by atoms with Gasteiger partial charge in [0.25, 0.3) is 0 Å². The standard InChI is InChI=1S/C20H29N3O4.ClH/c1-14-12-21-7-9-23(14)20(25)16-11-19(24)22(13-16)8-6-15-4-5-17(26-2)18(10-15)27-3;/h4-5,10,14,16,21H,6-9,11-13H2,1-3H3;1H/t14-,16?;/m0./s1. The van der Waals surface area contributed by atoms with Crippen LogP contribution >= 0.6 is 12.4 Å². The Balaban J connectivity index is 0.00000280. The van der Waals surface area contributed by atoms with Gasteiger partial charge in [0, 0.05) is 45.2 Å². The van der Waals surface area contributed by atoms with E-state index in [1.54, 1.807) is 14.2 Å². The molecule has 1 aromatic rings. The third-order valence-corrected chi connectivity index (χ3v) is 5.47. The maximum Gasteiger partial charge on any atom is 0.228 e. The molecule has 2 fully saturated rings. The molecule has 156 valence electrons. The number of piperazine rings is 1. The molecule has 1 aromatic carbocycles. The topological polar surface area (TPSA) is 71.1 Å². The first kappa shape index (κ1) is 22.3. The van der Waals surface area contributed by atoms with Gasteiger partial charge in [0.2, 0.25) is 11.8 Å². The maximum absolute atomic E-state index is 12.8. The number of nitrogens with one attached hydrogen (secondary N) is 1. The number of hydrogen-bond acceptors (Lipinski definition) is 5. The maximum atomic E-state index is 12.8. The monoisotopic (exact) mass is 411 g/mol. The second kappa shape index (κ2) is 9.98. The van der Waals surface area contributed by atoms with Crippen LogP contribution in [0.25, 0.3) is 0 Å². The molecule has 2 saturated heterocycles. The van der Waals surface area contributed by atoms with Gasteiger partial charge in [-0.1, -0.05) is 6.07 Å². The van der Waals surface area contributed by atoms with Crippen molar-refractivity contribution in [3.63, 3.8) is 0 Å². The number of nitrogens with zero attached hydrogens (tertiary/aromatic N) is 2. The average Bonchev–Trinajstić information content (AvgIpc) is 3.06. The van der Waals surface area contributed by atoms with Gasteiger partial charge >= 0.3 is 0 Å². The largest absolute Gasteiger partial charge is 0.493 e. The van der Waals surface area contributed by atoms with Crippen LogP contribution in [0.5, 0.6) is 11.5 Å². The number of carbonyl (C=O) groups excluding carboxylic acids is 2. The lowest BCUT2D eigenvalue weighted by Gasteiger charge is -2.35. The SMILES string of the molecule is COc1ccc(CCN2CC(C(=O)N3CCNC[C@@H]3C)CC2=O)cc1OC.Cl. The number of benzene rings is 1. The number of likely N-dealkylation sites (tertiary alicyclic amines) is 1. The van der Waals surface area contributed by atoms with Crippen LogP contribution in [0.15, 0.2) is 18.2 Å². The molecule has 1 unspecified atom stereocenters. The van der Waals surface area contributed by atoms with Gasteiger partial charge < -0.3 is 24.6 Å². The Labute approximate surface area is 172 Å². The lowest BCUT2D eigenvalue weighted by molar-refractivity contribution is -0.138. The zero-order chi connectivity index (χ0) is 19.4. The zero-order valence-electron chi connectivity index (χ0n) is 16.8. The van der Waals surface area contributed by atoms with Crippen LogP contribution in [-0.2, 0) is 16.0 Å².